The molecule has 0 atom stereocenters. The van der Waals surface area contributed by atoms with Gasteiger partial charge in [-0.2, -0.15) is 4.98 Å². The number of H-pyrrole nitrogens is 1. The Kier molecular flexibility index (Phi) is 4.57. The van der Waals surface area contributed by atoms with Crippen LogP contribution in [0.3, 0.4) is 0 Å². The molecule has 0 aliphatic rings. The second-order valence-corrected chi connectivity index (χ2v) is 4.77. The van der Waals surface area contributed by atoms with E-state index < -0.39 is 5.91 Å². The van der Waals surface area contributed by atoms with Gasteiger partial charge in [0.1, 0.15) is 11.4 Å². The lowest BCUT2D eigenvalue weighted by atomic mass is 10.2. The van der Waals surface area contributed by atoms with Crippen molar-refractivity contribution in [1.82, 2.24) is 15.2 Å². The predicted molar refractivity (Wildman–Crippen MR) is 87.8 cm³/mol. The Balaban J connectivity index is 1.59. The van der Waals surface area contributed by atoms with Crippen molar-refractivity contribution in [2.45, 2.75) is 0 Å². The Hall–Kier alpha value is -3.55. The zero-order valence-electron chi connectivity index (χ0n) is 12.5. The van der Waals surface area contributed by atoms with Crippen LogP contribution in [0.15, 0.2) is 59.8 Å². The molecule has 0 saturated carbocycles. The van der Waals surface area contributed by atoms with Gasteiger partial charge in [0, 0.05) is 5.56 Å². The van der Waals surface area contributed by atoms with E-state index in [1.54, 1.807) is 18.2 Å². The van der Waals surface area contributed by atoms with E-state index >= 15 is 0 Å². The summed E-state index contributed by atoms with van der Waals surface area (Å²) in [4.78, 5) is 26.7. The third-order valence-corrected chi connectivity index (χ3v) is 3.11. The lowest BCUT2D eigenvalue weighted by Crippen LogP contribution is -2.20. The Morgan fingerprint density at radius 1 is 1.12 bits per heavy atom. The van der Waals surface area contributed by atoms with Gasteiger partial charge in [0.25, 0.3) is 5.91 Å². The highest BCUT2D eigenvalue weighted by molar-refractivity contribution is 5.90. The van der Waals surface area contributed by atoms with Gasteiger partial charge in [-0.05, 0) is 17.3 Å². The van der Waals surface area contributed by atoms with E-state index in [0.717, 1.165) is 5.56 Å². The van der Waals surface area contributed by atoms with Gasteiger partial charge >= 0.3 is 0 Å². The van der Waals surface area contributed by atoms with Gasteiger partial charge in [0.15, 0.2) is 12.4 Å². The first-order valence-corrected chi connectivity index (χ1v) is 7.09. The number of anilines is 1. The van der Waals surface area contributed by atoms with Crippen molar-refractivity contribution in [3.05, 3.63) is 59.5 Å². The maximum atomic E-state index is 11.9. The highest BCUT2D eigenvalue weighted by Crippen LogP contribution is 2.26. The van der Waals surface area contributed by atoms with Gasteiger partial charge in [-0.3, -0.25) is 15.2 Å². The van der Waals surface area contributed by atoms with Crippen LogP contribution >= 0.6 is 0 Å². The summed E-state index contributed by atoms with van der Waals surface area (Å²) in [7, 11) is 0. The number of benzene rings is 2. The normalized spacial score (nSPS) is 10.2. The first-order valence-electron chi connectivity index (χ1n) is 7.09. The number of ether oxygens (including phenoxy) is 1. The van der Waals surface area contributed by atoms with E-state index in [-0.39, 0.29) is 24.0 Å². The molecule has 3 aromatic rings. The van der Waals surface area contributed by atoms with Crippen molar-refractivity contribution in [3.8, 4) is 17.1 Å². The van der Waals surface area contributed by atoms with E-state index in [4.69, 9.17) is 4.74 Å². The van der Waals surface area contributed by atoms with Gasteiger partial charge < -0.3 is 4.74 Å². The van der Waals surface area contributed by atoms with Crippen LogP contribution in [-0.4, -0.2) is 27.7 Å². The summed E-state index contributed by atoms with van der Waals surface area (Å²) in [5.74, 6) is 0.475. The van der Waals surface area contributed by atoms with E-state index in [1.807, 2.05) is 30.3 Å². The molecule has 8 nitrogen and oxygen atoms in total. The zero-order valence-corrected chi connectivity index (χ0v) is 12.5. The number of hydrogen-bond donors (Lipinski definition) is 2. The van der Waals surface area contributed by atoms with E-state index in [2.05, 4.69) is 25.7 Å². The lowest BCUT2D eigenvalue weighted by Gasteiger charge is -2.06. The van der Waals surface area contributed by atoms with Crippen LogP contribution < -0.4 is 10.1 Å². The second-order valence-electron chi connectivity index (χ2n) is 4.77. The Morgan fingerprint density at radius 2 is 1.88 bits per heavy atom. The molecule has 1 aromatic heterocycles. The number of amides is 1. The average Bonchev–Trinajstić information content (AvgIpc) is 3.09. The standard InChI is InChI=1S/C16H13N5O3/c22-14(10-24-13-9-5-4-8-12(13)21-23)17-16-18-15(19-20-16)11-6-2-1-3-7-11/h1-9H,10H2,(H2,17,18,19,20,22). The number of carbonyl (C=O) groups is 1. The summed E-state index contributed by atoms with van der Waals surface area (Å²) in [6, 6.07) is 15.8. The fraction of sp³-hybridized carbons (Fsp3) is 0.0625. The van der Waals surface area contributed by atoms with E-state index in [9.17, 15) is 9.70 Å². The van der Waals surface area contributed by atoms with Gasteiger partial charge in [-0.25, -0.2) is 0 Å². The van der Waals surface area contributed by atoms with Crippen LogP contribution in [-0.2, 0) is 4.79 Å². The van der Waals surface area contributed by atoms with E-state index in [1.165, 1.54) is 6.07 Å². The highest BCUT2D eigenvalue weighted by atomic mass is 16.5. The summed E-state index contributed by atoms with van der Waals surface area (Å²) < 4.78 is 5.28. The van der Waals surface area contributed by atoms with Crippen LogP contribution in [0.25, 0.3) is 11.4 Å². The van der Waals surface area contributed by atoms with E-state index in [0.29, 0.717) is 5.82 Å². The number of para-hydroxylation sites is 1. The molecule has 1 amide bonds. The lowest BCUT2D eigenvalue weighted by molar-refractivity contribution is -0.118. The summed E-state index contributed by atoms with van der Waals surface area (Å²) in [5, 5.41) is 12.0. The second kappa shape index (κ2) is 7.14. The molecule has 0 radical (unpaired) electrons. The van der Waals surface area contributed by atoms with Crippen molar-refractivity contribution in [3.63, 3.8) is 0 Å². The minimum Gasteiger partial charge on any atom is -0.481 e. The molecular weight excluding hydrogens is 310 g/mol. The number of nitroso groups, excluding NO2 is 1. The van der Waals surface area contributed by atoms with Crippen molar-refractivity contribution < 1.29 is 9.53 Å². The van der Waals surface area contributed by atoms with Crippen LogP contribution in [0.2, 0.25) is 0 Å². The topological polar surface area (TPSA) is 109 Å². The Labute approximate surface area is 136 Å². The molecule has 8 heteroatoms. The predicted octanol–water partition coefficient (Wildman–Crippen LogP) is 2.89. The first-order chi connectivity index (χ1) is 11.8. The zero-order chi connectivity index (χ0) is 16.8. The summed E-state index contributed by atoms with van der Waals surface area (Å²) in [5.41, 5.74) is 0.988. The molecule has 1 heterocycles. The molecule has 0 fully saturated rings. The molecule has 0 spiro atoms. The number of nitrogens with zero attached hydrogens (tertiary/aromatic N) is 3. The monoisotopic (exact) mass is 323 g/mol. The largest absolute Gasteiger partial charge is 0.481 e. The number of aromatic nitrogens is 3. The third-order valence-electron chi connectivity index (χ3n) is 3.11. The maximum Gasteiger partial charge on any atom is 0.264 e. The van der Waals surface area contributed by atoms with Gasteiger partial charge in [-0.15, -0.1) is 10.0 Å². The van der Waals surface area contributed by atoms with Gasteiger partial charge in [0.2, 0.25) is 5.95 Å². The van der Waals surface area contributed by atoms with Gasteiger partial charge in [0.05, 0.1) is 0 Å². The van der Waals surface area contributed by atoms with Gasteiger partial charge in [-0.1, -0.05) is 42.5 Å². The third kappa shape index (κ3) is 3.61. The smallest absolute Gasteiger partial charge is 0.264 e. The number of hydrogen-bond acceptors (Lipinski definition) is 6. The van der Waals surface area contributed by atoms with Crippen molar-refractivity contribution in [2.75, 3.05) is 11.9 Å². The Morgan fingerprint density at radius 3 is 2.67 bits per heavy atom. The molecule has 0 saturated heterocycles. The molecule has 0 bridgehead atoms. The van der Waals surface area contributed by atoms with Crippen LogP contribution in [0.4, 0.5) is 11.6 Å². The number of rotatable bonds is 6. The molecular formula is C16H13N5O3. The molecule has 0 aliphatic carbocycles. The molecule has 120 valence electrons. The number of aromatic amines is 1. The van der Waals surface area contributed by atoms with Crippen LogP contribution in [0, 0.1) is 4.91 Å². The molecule has 24 heavy (non-hydrogen) atoms. The quantitative estimate of drug-likeness (QED) is 0.678. The van der Waals surface area contributed by atoms with Crippen molar-refractivity contribution in [2.24, 2.45) is 5.18 Å². The van der Waals surface area contributed by atoms with Crippen LogP contribution in [0.1, 0.15) is 0 Å². The summed E-state index contributed by atoms with van der Waals surface area (Å²) >= 11 is 0. The molecule has 0 unspecified atom stereocenters. The summed E-state index contributed by atoms with van der Waals surface area (Å²) in [6.45, 7) is -0.290. The maximum absolute atomic E-state index is 11.9. The SMILES string of the molecule is O=Nc1ccccc1OCC(=O)Nc1n[nH]c(-c2ccccc2)n1. The summed E-state index contributed by atoms with van der Waals surface area (Å²) in [6.07, 6.45) is 0. The number of carbonyl (C=O) groups excluding carboxylic acids is 1. The van der Waals surface area contributed by atoms with Crippen LogP contribution in [0.5, 0.6) is 5.75 Å². The molecule has 3 rings (SSSR count). The minimum absolute atomic E-state index is 0.134. The fourth-order valence-electron chi connectivity index (χ4n) is 2.00. The highest BCUT2D eigenvalue weighted by Gasteiger charge is 2.11. The molecule has 2 aromatic carbocycles. The number of nitrogens with one attached hydrogen (secondary N) is 2. The molecule has 2 N–H and O–H groups in total. The average molecular weight is 323 g/mol. The van der Waals surface area contributed by atoms with Crippen molar-refractivity contribution in [1.29, 1.82) is 0 Å². The fourth-order valence-corrected chi connectivity index (χ4v) is 2.00. The molecule has 0 aliphatic heterocycles. The minimum atomic E-state index is -0.450. The Bertz CT molecular complexity index is 848. The first kappa shape index (κ1) is 15.3. The van der Waals surface area contributed by atoms with Crippen molar-refractivity contribution >= 4 is 17.5 Å².